The van der Waals surface area contributed by atoms with E-state index >= 15 is 0 Å². The molecule has 4 nitrogen and oxygen atoms in total. The van der Waals surface area contributed by atoms with Crippen LogP contribution in [0, 0.1) is 0 Å². The lowest BCUT2D eigenvalue weighted by Crippen LogP contribution is -2.48. The molecule has 0 unspecified atom stereocenters. The van der Waals surface area contributed by atoms with Crippen molar-refractivity contribution in [2.75, 3.05) is 25.5 Å². The summed E-state index contributed by atoms with van der Waals surface area (Å²) >= 11 is 0. The van der Waals surface area contributed by atoms with Gasteiger partial charge in [0, 0.05) is 0 Å². The van der Waals surface area contributed by atoms with Crippen LogP contribution in [0.15, 0.2) is 48.5 Å². The second kappa shape index (κ2) is 7.73. The lowest BCUT2D eigenvalue weighted by atomic mass is 9.72. The van der Waals surface area contributed by atoms with Gasteiger partial charge in [0.1, 0.15) is 5.75 Å². The maximum Gasteiger partial charge on any atom is 0.235 e. The van der Waals surface area contributed by atoms with Gasteiger partial charge in [-0.15, -0.1) is 0 Å². The average molecular weight is 367 g/mol. The summed E-state index contributed by atoms with van der Waals surface area (Å²) in [5, 5.41) is 6.57. The van der Waals surface area contributed by atoms with Gasteiger partial charge in [-0.1, -0.05) is 57.2 Å². The molecular weight excluding hydrogens is 336 g/mol. The summed E-state index contributed by atoms with van der Waals surface area (Å²) in [6, 6.07) is 16.2. The van der Waals surface area contributed by atoms with Gasteiger partial charge in [0.05, 0.1) is 18.2 Å². The van der Waals surface area contributed by atoms with Crippen molar-refractivity contribution in [3.8, 4) is 5.75 Å². The van der Waals surface area contributed by atoms with Crippen molar-refractivity contribution in [3.63, 3.8) is 0 Å². The molecular formula is C23H30N2O2. The third-order valence-corrected chi connectivity index (χ3v) is 5.53. The lowest BCUT2D eigenvalue weighted by Gasteiger charge is -2.37. The average Bonchev–Trinajstić information content (AvgIpc) is 2.68. The Morgan fingerprint density at radius 1 is 1.07 bits per heavy atom. The molecule has 144 valence electrons. The predicted octanol–water partition coefficient (Wildman–Crippen LogP) is 4.25. The van der Waals surface area contributed by atoms with Crippen molar-refractivity contribution in [3.05, 3.63) is 59.7 Å². The van der Waals surface area contributed by atoms with Gasteiger partial charge in [0.25, 0.3) is 0 Å². The zero-order chi connectivity index (χ0) is 19.5. The van der Waals surface area contributed by atoms with E-state index in [-0.39, 0.29) is 11.3 Å². The first-order valence-corrected chi connectivity index (χ1v) is 9.63. The molecule has 1 aliphatic heterocycles. The van der Waals surface area contributed by atoms with Gasteiger partial charge in [0.2, 0.25) is 5.91 Å². The van der Waals surface area contributed by atoms with Crippen molar-refractivity contribution in [1.82, 2.24) is 5.32 Å². The number of benzene rings is 2. The van der Waals surface area contributed by atoms with Gasteiger partial charge < -0.3 is 15.4 Å². The minimum Gasteiger partial charge on any atom is -0.495 e. The standard InChI is InChI=1S/C23H30N2O2/c1-22(2,3)18-10-11-20(27-4)19(16-18)25-21(26)23(12-14-24-15-13-23)17-8-6-5-7-9-17/h5-11,16,24H,12-15H2,1-4H3,(H,25,26). The van der Waals surface area contributed by atoms with Crippen LogP contribution in [-0.4, -0.2) is 26.1 Å². The van der Waals surface area contributed by atoms with Crippen LogP contribution in [-0.2, 0) is 15.6 Å². The number of amides is 1. The van der Waals surface area contributed by atoms with Crippen molar-refractivity contribution >= 4 is 11.6 Å². The molecule has 1 heterocycles. The maximum absolute atomic E-state index is 13.5. The van der Waals surface area contributed by atoms with Crippen molar-refractivity contribution < 1.29 is 9.53 Å². The van der Waals surface area contributed by atoms with Crippen LogP contribution in [0.5, 0.6) is 5.75 Å². The Kier molecular flexibility index (Phi) is 5.56. The van der Waals surface area contributed by atoms with Crippen molar-refractivity contribution in [2.24, 2.45) is 0 Å². The van der Waals surface area contributed by atoms with Crippen LogP contribution in [0.1, 0.15) is 44.7 Å². The number of anilines is 1. The first kappa shape index (κ1) is 19.4. The van der Waals surface area contributed by atoms with E-state index in [1.54, 1.807) is 7.11 Å². The Morgan fingerprint density at radius 2 is 1.74 bits per heavy atom. The van der Waals surface area contributed by atoms with Gasteiger partial charge in [-0.3, -0.25) is 4.79 Å². The quantitative estimate of drug-likeness (QED) is 0.850. The number of piperidine rings is 1. The molecule has 1 saturated heterocycles. The Morgan fingerprint density at radius 3 is 2.33 bits per heavy atom. The Bertz CT molecular complexity index is 788. The molecule has 4 heteroatoms. The van der Waals surface area contributed by atoms with Gasteiger partial charge in [-0.25, -0.2) is 0 Å². The molecule has 2 N–H and O–H groups in total. The number of hydrogen-bond donors (Lipinski definition) is 2. The maximum atomic E-state index is 13.5. The summed E-state index contributed by atoms with van der Waals surface area (Å²) in [4.78, 5) is 13.5. The Labute approximate surface area is 162 Å². The molecule has 0 atom stereocenters. The fourth-order valence-corrected chi connectivity index (χ4v) is 3.77. The molecule has 0 radical (unpaired) electrons. The third kappa shape index (κ3) is 4.01. The summed E-state index contributed by atoms with van der Waals surface area (Å²) in [5.41, 5.74) is 2.46. The molecule has 2 aromatic rings. The molecule has 0 aliphatic carbocycles. The molecule has 27 heavy (non-hydrogen) atoms. The van der Waals surface area contributed by atoms with E-state index in [9.17, 15) is 4.79 Å². The van der Waals surface area contributed by atoms with Gasteiger partial charge >= 0.3 is 0 Å². The Balaban J connectivity index is 1.97. The summed E-state index contributed by atoms with van der Waals surface area (Å²) < 4.78 is 5.51. The lowest BCUT2D eigenvalue weighted by molar-refractivity contribution is -0.122. The van der Waals surface area contributed by atoms with Gasteiger partial charge in [0.15, 0.2) is 0 Å². The highest BCUT2D eigenvalue weighted by Gasteiger charge is 2.41. The van der Waals surface area contributed by atoms with Gasteiger partial charge in [-0.05, 0) is 54.6 Å². The number of carbonyl (C=O) groups is 1. The number of ether oxygens (including phenoxy) is 1. The van der Waals surface area contributed by atoms with Crippen LogP contribution in [0.25, 0.3) is 0 Å². The highest BCUT2D eigenvalue weighted by Crippen LogP contribution is 2.37. The first-order chi connectivity index (χ1) is 12.9. The highest BCUT2D eigenvalue weighted by atomic mass is 16.5. The van der Waals surface area contributed by atoms with E-state index < -0.39 is 5.41 Å². The number of rotatable bonds is 4. The van der Waals surface area contributed by atoms with Crippen molar-refractivity contribution in [1.29, 1.82) is 0 Å². The molecule has 3 rings (SSSR count). The summed E-state index contributed by atoms with van der Waals surface area (Å²) in [7, 11) is 1.64. The minimum atomic E-state index is -0.519. The highest BCUT2D eigenvalue weighted by molar-refractivity contribution is 6.00. The zero-order valence-corrected chi connectivity index (χ0v) is 16.8. The van der Waals surface area contributed by atoms with Crippen LogP contribution in [0.4, 0.5) is 5.69 Å². The second-order valence-corrected chi connectivity index (χ2v) is 8.32. The van der Waals surface area contributed by atoms with E-state index in [1.807, 2.05) is 30.3 Å². The predicted molar refractivity (Wildman–Crippen MR) is 111 cm³/mol. The SMILES string of the molecule is COc1ccc(C(C)(C)C)cc1NC(=O)C1(c2ccccc2)CCNCC1. The Hall–Kier alpha value is -2.33. The monoisotopic (exact) mass is 366 g/mol. The van der Waals surface area contributed by atoms with E-state index in [1.165, 1.54) is 0 Å². The molecule has 0 spiro atoms. The van der Waals surface area contributed by atoms with Crippen LogP contribution in [0.2, 0.25) is 0 Å². The summed E-state index contributed by atoms with van der Waals surface area (Å²) in [6.07, 6.45) is 1.56. The molecule has 0 aromatic heterocycles. The normalized spacial score (nSPS) is 16.6. The van der Waals surface area contributed by atoms with Crippen LogP contribution >= 0.6 is 0 Å². The van der Waals surface area contributed by atoms with Crippen LogP contribution in [0.3, 0.4) is 0 Å². The van der Waals surface area contributed by atoms with E-state index in [4.69, 9.17) is 4.74 Å². The van der Waals surface area contributed by atoms with E-state index in [0.717, 1.165) is 42.7 Å². The topological polar surface area (TPSA) is 50.4 Å². The molecule has 1 aliphatic rings. The zero-order valence-electron chi connectivity index (χ0n) is 16.8. The molecule has 0 saturated carbocycles. The molecule has 2 aromatic carbocycles. The number of hydrogen-bond acceptors (Lipinski definition) is 3. The van der Waals surface area contributed by atoms with Crippen molar-refractivity contribution in [2.45, 2.75) is 44.4 Å². The third-order valence-electron chi connectivity index (χ3n) is 5.53. The number of carbonyl (C=O) groups excluding carboxylic acids is 1. The first-order valence-electron chi connectivity index (χ1n) is 9.63. The largest absolute Gasteiger partial charge is 0.495 e. The fraction of sp³-hybridized carbons (Fsp3) is 0.435. The molecule has 1 fully saturated rings. The second-order valence-electron chi connectivity index (χ2n) is 8.32. The van der Waals surface area contributed by atoms with E-state index in [0.29, 0.717) is 5.75 Å². The van der Waals surface area contributed by atoms with E-state index in [2.05, 4.69) is 49.6 Å². The molecule has 0 bridgehead atoms. The number of methoxy groups -OCH3 is 1. The fourth-order valence-electron chi connectivity index (χ4n) is 3.77. The summed E-state index contributed by atoms with van der Waals surface area (Å²) in [6.45, 7) is 8.17. The smallest absolute Gasteiger partial charge is 0.235 e. The molecule has 1 amide bonds. The number of nitrogens with one attached hydrogen (secondary N) is 2. The van der Waals surface area contributed by atoms with Gasteiger partial charge in [-0.2, -0.15) is 0 Å². The minimum absolute atomic E-state index is 0.00236. The summed E-state index contributed by atoms with van der Waals surface area (Å²) in [5.74, 6) is 0.730. The van der Waals surface area contributed by atoms with Crippen LogP contribution < -0.4 is 15.4 Å².